The van der Waals surface area contributed by atoms with Crippen LogP contribution in [-0.2, 0) is 4.79 Å². The van der Waals surface area contributed by atoms with Crippen molar-refractivity contribution in [3.63, 3.8) is 0 Å². The second-order valence-electron chi connectivity index (χ2n) is 4.60. The summed E-state index contributed by atoms with van der Waals surface area (Å²) in [5.74, 6) is -0.421. The maximum atomic E-state index is 11.3. The lowest BCUT2D eigenvalue weighted by molar-refractivity contribution is -0.143. The summed E-state index contributed by atoms with van der Waals surface area (Å²) in [4.78, 5) is 13.2. The highest BCUT2D eigenvalue weighted by Gasteiger charge is 2.32. The number of aliphatic carboxylic acids is 1. The first-order valence-corrected chi connectivity index (χ1v) is 7.81. The van der Waals surface area contributed by atoms with Crippen molar-refractivity contribution in [3.05, 3.63) is 0 Å². The number of aromatic nitrogens is 2. The number of nitrogens with one attached hydrogen (secondary N) is 1. The van der Waals surface area contributed by atoms with Crippen molar-refractivity contribution >= 4 is 34.2 Å². The van der Waals surface area contributed by atoms with Gasteiger partial charge in [0.05, 0.1) is 0 Å². The van der Waals surface area contributed by atoms with Gasteiger partial charge in [0.25, 0.3) is 0 Å². The Hall–Kier alpha value is -0.860. The summed E-state index contributed by atoms with van der Waals surface area (Å²) in [6.07, 6.45) is 0.900. The van der Waals surface area contributed by atoms with Crippen LogP contribution in [0.5, 0.6) is 0 Å². The highest BCUT2D eigenvalue weighted by atomic mass is 32.2. The minimum Gasteiger partial charge on any atom is -0.480 e. The van der Waals surface area contributed by atoms with Gasteiger partial charge in [0.2, 0.25) is 5.13 Å². The van der Waals surface area contributed by atoms with Gasteiger partial charge >= 0.3 is 5.97 Å². The molecule has 1 aromatic rings. The first-order chi connectivity index (χ1) is 8.89. The fraction of sp³-hybridized carbons (Fsp3) is 0.727. The highest BCUT2D eigenvalue weighted by molar-refractivity contribution is 8.01. The summed E-state index contributed by atoms with van der Waals surface area (Å²) in [7, 11) is 3.80. The van der Waals surface area contributed by atoms with Crippen LogP contribution in [0.25, 0.3) is 0 Å². The quantitative estimate of drug-likeness (QED) is 0.705. The molecule has 0 aliphatic heterocycles. The average Bonchev–Trinajstić information content (AvgIpc) is 2.82. The van der Waals surface area contributed by atoms with Gasteiger partial charge in [-0.1, -0.05) is 30.0 Å². The van der Waals surface area contributed by atoms with Gasteiger partial charge in [0.15, 0.2) is 4.34 Å². The number of rotatable bonds is 8. The van der Waals surface area contributed by atoms with Crippen LogP contribution in [0.4, 0.5) is 5.13 Å². The monoisotopic (exact) mass is 304 g/mol. The molecule has 19 heavy (non-hydrogen) atoms. The molecule has 1 heterocycles. The lowest BCUT2D eigenvalue weighted by Gasteiger charge is -2.25. The van der Waals surface area contributed by atoms with Gasteiger partial charge < -0.3 is 15.3 Å². The third kappa shape index (κ3) is 4.63. The van der Waals surface area contributed by atoms with Crippen molar-refractivity contribution in [2.24, 2.45) is 0 Å². The molecule has 1 unspecified atom stereocenters. The molecule has 1 aromatic heterocycles. The Morgan fingerprint density at radius 3 is 2.68 bits per heavy atom. The summed E-state index contributed by atoms with van der Waals surface area (Å²) >= 11 is 2.88. The predicted octanol–water partition coefficient (Wildman–Crippen LogP) is 1.54. The van der Waals surface area contributed by atoms with Crippen LogP contribution in [-0.4, -0.2) is 53.2 Å². The van der Waals surface area contributed by atoms with Crippen LogP contribution in [0, 0.1) is 0 Å². The number of carbonyl (C=O) groups is 1. The van der Waals surface area contributed by atoms with Crippen LogP contribution in [0.15, 0.2) is 4.34 Å². The van der Waals surface area contributed by atoms with Crippen LogP contribution in [0.3, 0.4) is 0 Å². The number of carboxylic acid groups (broad SMARTS) is 1. The normalized spacial score (nSPS) is 14.1. The van der Waals surface area contributed by atoms with E-state index in [0.29, 0.717) is 12.3 Å². The molecular weight excluding hydrogens is 284 g/mol. The maximum Gasteiger partial charge on any atom is 0.324 e. The third-order valence-electron chi connectivity index (χ3n) is 2.50. The third-order valence-corrected chi connectivity index (χ3v) is 5.04. The lowest BCUT2D eigenvalue weighted by atomic mass is 10.1. The van der Waals surface area contributed by atoms with E-state index in [0.717, 1.165) is 15.9 Å². The van der Waals surface area contributed by atoms with E-state index in [4.69, 9.17) is 0 Å². The van der Waals surface area contributed by atoms with Gasteiger partial charge in [-0.3, -0.25) is 4.79 Å². The zero-order valence-electron chi connectivity index (χ0n) is 11.6. The fourth-order valence-corrected chi connectivity index (χ4v) is 3.11. The Morgan fingerprint density at radius 2 is 2.21 bits per heavy atom. The van der Waals surface area contributed by atoms with Gasteiger partial charge in [-0.15, -0.1) is 10.2 Å². The van der Waals surface area contributed by atoms with Crippen molar-refractivity contribution in [1.29, 1.82) is 0 Å². The van der Waals surface area contributed by atoms with Crippen molar-refractivity contribution in [3.8, 4) is 0 Å². The van der Waals surface area contributed by atoms with Crippen LogP contribution in [0.2, 0.25) is 0 Å². The van der Waals surface area contributed by atoms with Gasteiger partial charge in [-0.05, 0) is 19.9 Å². The lowest BCUT2D eigenvalue weighted by Crippen LogP contribution is -2.51. The topological polar surface area (TPSA) is 78.4 Å². The highest BCUT2D eigenvalue weighted by Crippen LogP contribution is 2.29. The van der Waals surface area contributed by atoms with Crippen molar-refractivity contribution < 1.29 is 9.90 Å². The SMILES string of the molecule is CCCNC(C)(CSc1nnc(N(C)C)s1)C(=O)O. The molecule has 0 amide bonds. The fourth-order valence-electron chi connectivity index (χ4n) is 1.24. The zero-order valence-corrected chi connectivity index (χ0v) is 13.3. The number of hydrogen-bond acceptors (Lipinski definition) is 7. The van der Waals surface area contributed by atoms with Crippen LogP contribution < -0.4 is 10.2 Å². The second-order valence-corrected chi connectivity index (χ2v) is 6.78. The molecule has 0 spiro atoms. The molecule has 0 saturated heterocycles. The molecule has 0 fully saturated rings. The summed E-state index contributed by atoms with van der Waals surface area (Å²) in [6, 6.07) is 0. The molecule has 6 nitrogen and oxygen atoms in total. The molecule has 8 heteroatoms. The molecule has 0 aliphatic carbocycles. The van der Waals surface area contributed by atoms with E-state index in [1.54, 1.807) is 6.92 Å². The molecule has 1 atom stereocenters. The molecule has 0 saturated carbocycles. The van der Waals surface area contributed by atoms with E-state index in [9.17, 15) is 9.90 Å². The standard InChI is InChI=1S/C11H20N4O2S2/c1-5-6-12-11(2,8(16)17)7-18-10-14-13-9(19-10)15(3)4/h12H,5-7H2,1-4H3,(H,16,17). The molecular formula is C11H20N4O2S2. The molecule has 2 N–H and O–H groups in total. The first kappa shape index (κ1) is 16.2. The minimum atomic E-state index is -0.940. The summed E-state index contributed by atoms with van der Waals surface area (Å²) < 4.78 is 0.787. The Labute approximate surface area is 121 Å². The van der Waals surface area contributed by atoms with Gasteiger partial charge in [0, 0.05) is 19.8 Å². The predicted molar refractivity (Wildman–Crippen MR) is 79.3 cm³/mol. The van der Waals surface area contributed by atoms with E-state index < -0.39 is 11.5 Å². The molecule has 0 aromatic carbocycles. The Morgan fingerprint density at radius 1 is 1.53 bits per heavy atom. The number of anilines is 1. The van der Waals surface area contributed by atoms with Gasteiger partial charge in [-0.2, -0.15) is 0 Å². The number of hydrogen-bond donors (Lipinski definition) is 2. The van der Waals surface area contributed by atoms with E-state index in [2.05, 4.69) is 15.5 Å². The largest absolute Gasteiger partial charge is 0.480 e. The Balaban J connectivity index is 2.62. The van der Waals surface area contributed by atoms with Crippen molar-refractivity contribution in [2.75, 3.05) is 31.3 Å². The summed E-state index contributed by atoms with van der Waals surface area (Å²) in [5, 5.41) is 21.3. The smallest absolute Gasteiger partial charge is 0.324 e. The maximum absolute atomic E-state index is 11.3. The van der Waals surface area contributed by atoms with E-state index in [1.165, 1.54) is 23.1 Å². The Bertz CT molecular complexity index is 425. The van der Waals surface area contributed by atoms with E-state index >= 15 is 0 Å². The molecule has 0 aliphatic rings. The van der Waals surface area contributed by atoms with Gasteiger partial charge in [-0.25, -0.2) is 0 Å². The number of nitrogens with zero attached hydrogens (tertiary/aromatic N) is 3. The van der Waals surface area contributed by atoms with Crippen LogP contribution >= 0.6 is 23.1 Å². The van der Waals surface area contributed by atoms with E-state index in [-0.39, 0.29) is 0 Å². The average molecular weight is 304 g/mol. The first-order valence-electron chi connectivity index (χ1n) is 6.01. The molecule has 0 radical (unpaired) electrons. The molecule has 1 rings (SSSR count). The second kappa shape index (κ2) is 7.06. The summed E-state index contributed by atoms with van der Waals surface area (Å²) in [6.45, 7) is 4.39. The van der Waals surface area contributed by atoms with E-state index in [1.807, 2.05) is 25.9 Å². The minimum absolute atomic E-state index is 0.421. The number of carboxylic acids is 1. The Kier molecular flexibility index (Phi) is 6.02. The van der Waals surface area contributed by atoms with Crippen molar-refractivity contribution in [1.82, 2.24) is 15.5 Å². The van der Waals surface area contributed by atoms with Crippen molar-refractivity contribution in [2.45, 2.75) is 30.1 Å². The number of thioether (sulfide) groups is 1. The van der Waals surface area contributed by atoms with Crippen LogP contribution in [0.1, 0.15) is 20.3 Å². The molecule has 108 valence electrons. The van der Waals surface area contributed by atoms with Gasteiger partial charge in [0.1, 0.15) is 5.54 Å². The molecule has 0 bridgehead atoms. The zero-order chi connectivity index (χ0) is 14.5. The summed E-state index contributed by atoms with van der Waals surface area (Å²) in [5.41, 5.74) is -0.940.